The van der Waals surface area contributed by atoms with Crippen molar-refractivity contribution in [2.45, 2.75) is 18.6 Å². The topological polar surface area (TPSA) is 111 Å². The summed E-state index contributed by atoms with van der Waals surface area (Å²) >= 11 is 0. The van der Waals surface area contributed by atoms with Crippen LogP contribution in [0.3, 0.4) is 0 Å². The molecule has 0 saturated carbocycles. The van der Waals surface area contributed by atoms with E-state index >= 15 is 0 Å². The van der Waals surface area contributed by atoms with E-state index in [0.29, 0.717) is 32.8 Å². The van der Waals surface area contributed by atoms with E-state index in [-0.39, 0.29) is 19.3 Å². The Balaban J connectivity index is 3.20. The average molecular weight is 222 g/mol. The van der Waals surface area contributed by atoms with Gasteiger partial charge in [0.2, 0.25) is 0 Å². The summed E-state index contributed by atoms with van der Waals surface area (Å²) in [5.41, 5.74) is 10.9. The molecule has 0 aliphatic carbocycles. The summed E-state index contributed by atoms with van der Waals surface area (Å²) < 4.78 is 10.1. The van der Waals surface area contributed by atoms with Crippen LogP contribution in [0.2, 0.25) is 0 Å². The first-order valence-corrected chi connectivity index (χ1v) is 5.10. The molecule has 6 heteroatoms. The zero-order valence-corrected chi connectivity index (χ0v) is 8.97. The minimum atomic E-state index is -0.582. The monoisotopic (exact) mass is 222 g/mol. The maximum Gasteiger partial charge on any atom is 0.0788 e. The van der Waals surface area contributed by atoms with Crippen molar-refractivity contribution in [3.63, 3.8) is 0 Å². The fraction of sp³-hybridized carbons (Fsp3) is 1.00. The molecule has 0 aromatic rings. The minimum absolute atomic E-state index is 0.00792. The van der Waals surface area contributed by atoms with Gasteiger partial charge in [-0.05, 0) is 6.42 Å². The normalized spacial score (nSPS) is 15.2. The Bertz CT molecular complexity index is 137. The summed E-state index contributed by atoms with van der Waals surface area (Å²) in [6, 6.07) is -0.186. The highest BCUT2D eigenvalue weighted by molar-refractivity contribution is 4.67. The molecule has 0 heterocycles. The first-order valence-electron chi connectivity index (χ1n) is 5.10. The summed E-state index contributed by atoms with van der Waals surface area (Å²) in [5, 5.41) is 17.8. The molecule has 0 aliphatic rings. The average Bonchev–Trinajstić information content (AvgIpc) is 2.23. The first-order chi connectivity index (χ1) is 7.20. The zero-order chi connectivity index (χ0) is 11.5. The number of aliphatic hydroxyl groups excluding tert-OH is 2. The predicted molar refractivity (Wildman–Crippen MR) is 56.4 cm³/mol. The van der Waals surface area contributed by atoms with Gasteiger partial charge >= 0.3 is 0 Å². The molecule has 0 saturated heterocycles. The van der Waals surface area contributed by atoms with Gasteiger partial charge in [0.1, 0.15) is 0 Å². The van der Waals surface area contributed by atoms with E-state index in [1.165, 1.54) is 0 Å². The van der Waals surface area contributed by atoms with Crippen LogP contribution >= 0.6 is 0 Å². The number of rotatable bonds is 10. The highest BCUT2D eigenvalue weighted by atomic mass is 16.5. The number of nitrogens with two attached hydrogens (primary N) is 2. The Hall–Kier alpha value is -0.240. The van der Waals surface area contributed by atoms with Crippen molar-refractivity contribution in [2.75, 3.05) is 39.6 Å². The van der Waals surface area contributed by atoms with Crippen molar-refractivity contribution < 1.29 is 19.7 Å². The van der Waals surface area contributed by atoms with Gasteiger partial charge in [0, 0.05) is 12.6 Å². The summed E-state index contributed by atoms with van der Waals surface area (Å²) in [4.78, 5) is 0. The molecule has 0 rings (SSSR count). The Labute approximate surface area is 90.2 Å². The molecule has 0 aromatic carbocycles. The Morgan fingerprint density at radius 3 is 2.40 bits per heavy atom. The van der Waals surface area contributed by atoms with Crippen LogP contribution in [0.15, 0.2) is 0 Å². The fourth-order valence-electron chi connectivity index (χ4n) is 1.02. The van der Waals surface area contributed by atoms with Crippen LogP contribution in [0.1, 0.15) is 6.42 Å². The van der Waals surface area contributed by atoms with Gasteiger partial charge in [0.25, 0.3) is 0 Å². The molecule has 0 fully saturated rings. The number of aliphatic hydroxyl groups is 2. The fourth-order valence-corrected chi connectivity index (χ4v) is 1.02. The summed E-state index contributed by atoms with van der Waals surface area (Å²) in [5.74, 6) is 0. The van der Waals surface area contributed by atoms with Gasteiger partial charge in [0.05, 0.1) is 39.1 Å². The van der Waals surface area contributed by atoms with Crippen LogP contribution < -0.4 is 11.5 Å². The quantitative estimate of drug-likeness (QED) is 0.320. The molecule has 6 N–H and O–H groups in total. The Morgan fingerprint density at radius 2 is 1.80 bits per heavy atom. The molecule has 2 unspecified atom stereocenters. The smallest absolute Gasteiger partial charge is 0.0788 e. The summed E-state index contributed by atoms with van der Waals surface area (Å²) in [7, 11) is 0. The largest absolute Gasteiger partial charge is 0.394 e. The summed E-state index contributed by atoms with van der Waals surface area (Å²) in [6.45, 7) is 1.72. The summed E-state index contributed by atoms with van der Waals surface area (Å²) in [6.07, 6.45) is -0.144. The third kappa shape index (κ3) is 10.1. The lowest BCUT2D eigenvalue weighted by molar-refractivity contribution is -0.00548. The molecule has 2 atom stereocenters. The van der Waals surface area contributed by atoms with Crippen LogP contribution in [-0.4, -0.2) is 61.9 Å². The highest BCUT2D eigenvalue weighted by Crippen LogP contribution is 1.95. The van der Waals surface area contributed by atoms with Crippen molar-refractivity contribution in [3.05, 3.63) is 0 Å². The first kappa shape index (κ1) is 14.8. The Morgan fingerprint density at radius 1 is 1.13 bits per heavy atom. The van der Waals surface area contributed by atoms with Crippen LogP contribution in [0.5, 0.6) is 0 Å². The van der Waals surface area contributed by atoms with E-state index in [4.69, 9.17) is 26.0 Å². The molecule has 0 amide bonds. The second kappa shape index (κ2) is 10.3. The number of ether oxygens (including phenoxy) is 2. The number of hydrogen-bond acceptors (Lipinski definition) is 6. The van der Waals surface area contributed by atoms with Crippen LogP contribution in [-0.2, 0) is 9.47 Å². The van der Waals surface area contributed by atoms with Gasteiger partial charge in [-0.2, -0.15) is 0 Å². The third-order valence-corrected chi connectivity index (χ3v) is 1.80. The van der Waals surface area contributed by atoms with E-state index in [9.17, 15) is 5.11 Å². The molecule has 92 valence electrons. The number of hydrogen-bond donors (Lipinski definition) is 4. The lowest BCUT2D eigenvalue weighted by Crippen LogP contribution is -2.35. The van der Waals surface area contributed by atoms with Crippen LogP contribution in [0, 0.1) is 0 Å². The lowest BCUT2D eigenvalue weighted by atomic mass is 10.1. The van der Waals surface area contributed by atoms with Gasteiger partial charge < -0.3 is 31.2 Å². The molecule has 0 bridgehead atoms. The molecule has 0 spiro atoms. The SMILES string of the molecule is NCC(N)CC(O)COCCOCCO. The molecule has 0 aromatic heterocycles. The highest BCUT2D eigenvalue weighted by Gasteiger charge is 2.09. The van der Waals surface area contributed by atoms with Gasteiger partial charge in [-0.25, -0.2) is 0 Å². The Kier molecular flexibility index (Phi) is 10.1. The second-order valence-electron chi connectivity index (χ2n) is 3.30. The standard InChI is InChI=1S/C9H22N2O4/c10-6-8(11)5-9(13)7-15-4-3-14-2-1-12/h8-9,12-13H,1-7,10-11H2. The van der Waals surface area contributed by atoms with Gasteiger partial charge in [-0.3, -0.25) is 0 Å². The molecule has 0 radical (unpaired) electrons. The molecule has 15 heavy (non-hydrogen) atoms. The lowest BCUT2D eigenvalue weighted by Gasteiger charge is -2.14. The van der Waals surface area contributed by atoms with E-state index in [2.05, 4.69) is 0 Å². The minimum Gasteiger partial charge on any atom is -0.394 e. The maximum atomic E-state index is 9.41. The van der Waals surface area contributed by atoms with E-state index in [1.54, 1.807) is 0 Å². The van der Waals surface area contributed by atoms with Crippen molar-refractivity contribution in [2.24, 2.45) is 11.5 Å². The van der Waals surface area contributed by atoms with E-state index < -0.39 is 6.10 Å². The van der Waals surface area contributed by atoms with Crippen molar-refractivity contribution >= 4 is 0 Å². The molecular weight excluding hydrogens is 200 g/mol. The second-order valence-corrected chi connectivity index (χ2v) is 3.30. The van der Waals surface area contributed by atoms with Crippen molar-refractivity contribution in [1.82, 2.24) is 0 Å². The van der Waals surface area contributed by atoms with Crippen molar-refractivity contribution in [3.8, 4) is 0 Å². The van der Waals surface area contributed by atoms with Gasteiger partial charge in [-0.15, -0.1) is 0 Å². The maximum absolute atomic E-state index is 9.41. The zero-order valence-electron chi connectivity index (χ0n) is 8.97. The van der Waals surface area contributed by atoms with Crippen LogP contribution in [0.4, 0.5) is 0 Å². The van der Waals surface area contributed by atoms with Crippen molar-refractivity contribution in [1.29, 1.82) is 0 Å². The van der Waals surface area contributed by atoms with Gasteiger partial charge in [0.15, 0.2) is 0 Å². The molecule has 0 aliphatic heterocycles. The molecule has 6 nitrogen and oxygen atoms in total. The van der Waals surface area contributed by atoms with E-state index in [1.807, 2.05) is 0 Å². The molecular formula is C9H22N2O4. The van der Waals surface area contributed by atoms with Crippen LogP contribution in [0.25, 0.3) is 0 Å². The predicted octanol–water partition coefficient (Wildman–Crippen LogP) is -1.95. The van der Waals surface area contributed by atoms with E-state index in [0.717, 1.165) is 0 Å². The third-order valence-electron chi connectivity index (χ3n) is 1.80. The van der Waals surface area contributed by atoms with Gasteiger partial charge in [-0.1, -0.05) is 0 Å².